The van der Waals surface area contributed by atoms with Gasteiger partial charge in [-0.15, -0.1) is 0 Å². The molecule has 1 aromatic carbocycles. The molecule has 0 saturated heterocycles. The molecule has 0 atom stereocenters. The third-order valence-electron chi connectivity index (χ3n) is 4.08. The van der Waals surface area contributed by atoms with Crippen molar-refractivity contribution in [3.8, 4) is 5.75 Å². The van der Waals surface area contributed by atoms with Crippen LogP contribution in [0.3, 0.4) is 0 Å². The van der Waals surface area contributed by atoms with Gasteiger partial charge in [0.1, 0.15) is 11.3 Å². The summed E-state index contributed by atoms with van der Waals surface area (Å²) in [5.41, 5.74) is 0.421. The Morgan fingerprint density at radius 2 is 1.83 bits per heavy atom. The summed E-state index contributed by atoms with van der Waals surface area (Å²) in [6.07, 6.45) is -0.748. The lowest BCUT2D eigenvalue weighted by Crippen LogP contribution is -2.36. The highest BCUT2D eigenvalue weighted by Crippen LogP contribution is 2.25. The van der Waals surface area contributed by atoms with Crippen molar-refractivity contribution in [2.45, 2.75) is 37.9 Å². The number of halogens is 3. The van der Waals surface area contributed by atoms with Gasteiger partial charge >= 0.3 is 18.1 Å². The van der Waals surface area contributed by atoms with E-state index in [-0.39, 0.29) is 24.2 Å². The van der Waals surface area contributed by atoms with Crippen LogP contribution in [-0.2, 0) is 9.59 Å². The average Bonchev–Trinajstić information content (AvgIpc) is 3.29. The smallest absolute Gasteiger partial charge is 0.482 e. The van der Waals surface area contributed by atoms with Gasteiger partial charge in [0.25, 0.3) is 5.91 Å². The van der Waals surface area contributed by atoms with Crippen molar-refractivity contribution < 1.29 is 42.5 Å². The summed E-state index contributed by atoms with van der Waals surface area (Å²) in [4.78, 5) is 31.8. The fourth-order valence-electron chi connectivity index (χ4n) is 2.78. The average molecular weight is 417 g/mol. The molecule has 12 heteroatoms. The topological polar surface area (TPSA) is 142 Å². The number of nitrogens with zero attached hydrogens (tertiary/aromatic N) is 1. The summed E-state index contributed by atoms with van der Waals surface area (Å²) < 4.78 is 37.2. The molecule has 2 aromatic rings. The van der Waals surface area contributed by atoms with Crippen molar-refractivity contribution in [3.63, 3.8) is 0 Å². The van der Waals surface area contributed by atoms with E-state index < -0.39 is 18.1 Å². The highest BCUT2D eigenvalue weighted by atomic mass is 19.4. The van der Waals surface area contributed by atoms with Crippen molar-refractivity contribution in [2.24, 2.45) is 0 Å². The Labute approximate surface area is 161 Å². The van der Waals surface area contributed by atoms with E-state index in [1.54, 1.807) is 18.2 Å². The number of ether oxygens (including phenoxy) is 1. The van der Waals surface area contributed by atoms with E-state index >= 15 is 0 Å². The van der Waals surface area contributed by atoms with Gasteiger partial charge in [-0.2, -0.15) is 18.3 Å². The highest BCUT2D eigenvalue weighted by molar-refractivity contribution is 6.02. The van der Waals surface area contributed by atoms with Gasteiger partial charge in [-0.25, -0.2) is 9.59 Å². The molecule has 158 valence electrons. The number of nitrogens with one attached hydrogen (secondary N) is 2. The minimum Gasteiger partial charge on any atom is -0.482 e. The summed E-state index contributed by atoms with van der Waals surface area (Å²) in [6.45, 7) is -0.100. The number of carbonyl (C=O) groups excluding carboxylic acids is 1. The first kappa shape index (κ1) is 22.0. The van der Waals surface area contributed by atoms with Crippen molar-refractivity contribution in [3.05, 3.63) is 23.9 Å². The van der Waals surface area contributed by atoms with Gasteiger partial charge in [-0.05, 0) is 18.9 Å². The number of rotatable bonds is 5. The number of alkyl halides is 3. The number of fused-ring (bicyclic) bond motifs is 1. The molecule has 3 rings (SSSR count). The fourth-order valence-corrected chi connectivity index (χ4v) is 2.78. The summed E-state index contributed by atoms with van der Waals surface area (Å²) >= 11 is 0. The molecule has 9 nitrogen and oxygen atoms in total. The molecule has 0 spiro atoms. The van der Waals surface area contributed by atoms with Crippen molar-refractivity contribution in [2.75, 3.05) is 6.61 Å². The molecule has 4 N–H and O–H groups in total. The molecule has 0 aliphatic heterocycles. The SMILES string of the molecule is O=C(COc1cccc2c(C(=O)O)n[nH]c12)NC1CCCC1.O=C(O)C(F)(F)F. The van der Waals surface area contributed by atoms with Crippen LogP contribution in [0.4, 0.5) is 13.2 Å². The van der Waals surface area contributed by atoms with Gasteiger partial charge in [-0.3, -0.25) is 9.89 Å². The van der Waals surface area contributed by atoms with Crippen LogP contribution < -0.4 is 10.1 Å². The van der Waals surface area contributed by atoms with Crippen molar-refractivity contribution >= 4 is 28.7 Å². The molecule has 1 aliphatic rings. The summed E-state index contributed by atoms with van der Waals surface area (Å²) in [6, 6.07) is 5.25. The van der Waals surface area contributed by atoms with Crippen LogP contribution in [-0.4, -0.2) is 57.1 Å². The van der Waals surface area contributed by atoms with Crippen LogP contribution >= 0.6 is 0 Å². The van der Waals surface area contributed by atoms with Crippen LogP contribution in [0.5, 0.6) is 5.75 Å². The van der Waals surface area contributed by atoms with E-state index in [4.69, 9.17) is 19.7 Å². The zero-order valence-corrected chi connectivity index (χ0v) is 15.0. The van der Waals surface area contributed by atoms with Crippen LogP contribution in [0, 0.1) is 0 Å². The van der Waals surface area contributed by atoms with E-state index in [0.29, 0.717) is 16.7 Å². The van der Waals surface area contributed by atoms with E-state index in [9.17, 15) is 22.8 Å². The number of aromatic amines is 1. The van der Waals surface area contributed by atoms with E-state index in [1.807, 2.05) is 0 Å². The molecular formula is C17H18F3N3O6. The molecule has 29 heavy (non-hydrogen) atoms. The molecule has 0 bridgehead atoms. The molecule has 1 saturated carbocycles. The number of hydrogen-bond acceptors (Lipinski definition) is 5. The predicted molar refractivity (Wildman–Crippen MR) is 92.6 cm³/mol. The van der Waals surface area contributed by atoms with Crippen LogP contribution in [0.25, 0.3) is 10.9 Å². The number of benzene rings is 1. The number of aromatic nitrogens is 2. The quantitative estimate of drug-likeness (QED) is 0.585. The Morgan fingerprint density at radius 3 is 2.38 bits per heavy atom. The van der Waals surface area contributed by atoms with E-state index in [2.05, 4.69) is 15.5 Å². The first-order chi connectivity index (χ1) is 13.6. The Hall–Kier alpha value is -3.31. The van der Waals surface area contributed by atoms with Gasteiger partial charge in [-0.1, -0.05) is 25.0 Å². The number of H-pyrrole nitrogens is 1. The van der Waals surface area contributed by atoms with Gasteiger partial charge in [0.2, 0.25) is 0 Å². The maximum atomic E-state index is 11.9. The molecular weight excluding hydrogens is 399 g/mol. The summed E-state index contributed by atoms with van der Waals surface area (Å²) in [7, 11) is 0. The van der Waals surface area contributed by atoms with Gasteiger partial charge in [0, 0.05) is 11.4 Å². The Morgan fingerprint density at radius 1 is 1.21 bits per heavy atom. The zero-order valence-electron chi connectivity index (χ0n) is 15.0. The predicted octanol–water partition coefficient (Wildman–Crippen LogP) is 2.33. The monoisotopic (exact) mass is 417 g/mol. The molecule has 0 radical (unpaired) electrons. The molecule has 0 unspecified atom stereocenters. The minimum atomic E-state index is -5.08. The molecule has 1 aromatic heterocycles. The van der Waals surface area contributed by atoms with Gasteiger partial charge in [0.05, 0.1) is 0 Å². The van der Waals surface area contributed by atoms with Crippen molar-refractivity contribution in [1.82, 2.24) is 15.5 Å². The number of aromatic carboxylic acids is 1. The second kappa shape index (κ2) is 9.26. The summed E-state index contributed by atoms with van der Waals surface area (Å²) in [5, 5.41) is 26.0. The van der Waals surface area contributed by atoms with Gasteiger partial charge < -0.3 is 20.3 Å². The lowest BCUT2D eigenvalue weighted by atomic mass is 10.2. The molecule has 1 amide bonds. The lowest BCUT2D eigenvalue weighted by molar-refractivity contribution is -0.192. The minimum absolute atomic E-state index is 0.0594. The first-order valence-electron chi connectivity index (χ1n) is 8.52. The standard InChI is InChI=1S/C15H17N3O4.C2HF3O2/c19-12(16-9-4-1-2-5-9)8-22-11-7-3-6-10-13(11)17-18-14(10)15(20)21;3-2(4,5)1(6)7/h3,6-7,9H,1-2,4-5,8H2,(H,16,19)(H,17,18)(H,20,21);(H,6,7). The number of hydrogen-bond donors (Lipinski definition) is 4. The van der Waals surface area contributed by atoms with Crippen LogP contribution in [0.2, 0.25) is 0 Å². The number of amides is 1. The number of carbonyl (C=O) groups is 3. The fraction of sp³-hybridized carbons (Fsp3) is 0.412. The number of carboxylic acids is 2. The van der Waals surface area contributed by atoms with Crippen molar-refractivity contribution in [1.29, 1.82) is 0 Å². The van der Waals surface area contributed by atoms with Crippen LogP contribution in [0.1, 0.15) is 36.2 Å². The normalized spacial score (nSPS) is 14.2. The third kappa shape index (κ3) is 6.09. The Balaban J connectivity index is 0.000000370. The lowest BCUT2D eigenvalue weighted by Gasteiger charge is -2.12. The maximum absolute atomic E-state index is 11.9. The maximum Gasteiger partial charge on any atom is 0.490 e. The number of aliphatic carboxylic acids is 1. The van der Waals surface area contributed by atoms with E-state index in [0.717, 1.165) is 25.7 Å². The zero-order chi connectivity index (χ0) is 21.6. The Kier molecular flexibility index (Phi) is 7.02. The number of para-hydroxylation sites is 1. The second-order valence-corrected chi connectivity index (χ2v) is 6.20. The number of carboxylic acid groups (broad SMARTS) is 2. The summed E-state index contributed by atoms with van der Waals surface area (Å²) in [5.74, 6) is -3.61. The Bertz CT molecular complexity index is 890. The van der Waals surface area contributed by atoms with Gasteiger partial charge in [0.15, 0.2) is 12.3 Å². The largest absolute Gasteiger partial charge is 0.490 e. The molecule has 1 aliphatic carbocycles. The second-order valence-electron chi connectivity index (χ2n) is 6.20. The highest BCUT2D eigenvalue weighted by Gasteiger charge is 2.38. The van der Waals surface area contributed by atoms with Crippen LogP contribution in [0.15, 0.2) is 18.2 Å². The third-order valence-corrected chi connectivity index (χ3v) is 4.08. The van der Waals surface area contributed by atoms with E-state index in [1.165, 1.54) is 0 Å². The first-order valence-corrected chi connectivity index (χ1v) is 8.52. The molecule has 1 fully saturated rings. The molecule has 1 heterocycles.